The average Bonchev–Trinajstić information content (AvgIpc) is 2.61. The zero-order valence-electron chi connectivity index (χ0n) is 10.6. The quantitative estimate of drug-likeness (QED) is 0.726. The molecule has 7 heteroatoms. The molecule has 2 bridgehead atoms. The van der Waals surface area contributed by atoms with Crippen LogP contribution in [0.5, 0.6) is 0 Å². The highest BCUT2D eigenvalue weighted by molar-refractivity contribution is 7.90. The van der Waals surface area contributed by atoms with Gasteiger partial charge >= 0.3 is 5.97 Å². The van der Waals surface area contributed by atoms with E-state index in [0.717, 1.165) is 12.8 Å². The lowest BCUT2D eigenvalue weighted by molar-refractivity contribution is -0.139. The van der Waals surface area contributed by atoms with Gasteiger partial charge in [-0.2, -0.15) is 4.31 Å². The van der Waals surface area contributed by atoms with Crippen molar-refractivity contribution in [2.24, 2.45) is 0 Å². The Kier molecular flexibility index (Phi) is 3.66. The fourth-order valence-corrected chi connectivity index (χ4v) is 4.91. The van der Waals surface area contributed by atoms with Crippen LogP contribution in [0.25, 0.3) is 0 Å². The molecule has 2 rings (SSSR count). The first-order valence-corrected chi connectivity index (χ1v) is 7.66. The van der Waals surface area contributed by atoms with Crippen LogP contribution in [0.15, 0.2) is 0 Å². The number of rotatable bonds is 3. The monoisotopic (exact) mass is 277 g/mol. The number of carbonyl (C=O) groups is 1. The van der Waals surface area contributed by atoms with Crippen LogP contribution in [0.4, 0.5) is 0 Å². The molecule has 0 aromatic carbocycles. The number of hydrogen-bond acceptors (Lipinski definition) is 5. The van der Waals surface area contributed by atoms with E-state index in [1.165, 1.54) is 18.3 Å². The molecular formula is C11H19NO5S. The van der Waals surface area contributed by atoms with Gasteiger partial charge in [0, 0.05) is 12.1 Å². The summed E-state index contributed by atoms with van der Waals surface area (Å²) < 4.78 is 30.7. The molecule has 0 aromatic rings. The summed E-state index contributed by atoms with van der Waals surface area (Å²) >= 11 is 0. The van der Waals surface area contributed by atoms with Gasteiger partial charge in [-0.05, 0) is 32.6 Å². The van der Waals surface area contributed by atoms with Crippen LogP contribution < -0.4 is 0 Å². The van der Waals surface area contributed by atoms with Crippen molar-refractivity contribution in [2.45, 2.75) is 56.0 Å². The zero-order chi connectivity index (χ0) is 13.5. The Morgan fingerprint density at radius 3 is 2.28 bits per heavy atom. The highest BCUT2D eigenvalue weighted by atomic mass is 32.2. The molecule has 104 valence electrons. The number of piperidine rings is 1. The van der Waals surface area contributed by atoms with E-state index in [0.29, 0.717) is 12.8 Å². The van der Waals surface area contributed by atoms with E-state index in [-0.39, 0.29) is 12.1 Å². The van der Waals surface area contributed by atoms with E-state index in [2.05, 4.69) is 4.74 Å². The Balaban J connectivity index is 2.24. The summed E-state index contributed by atoms with van der Waals surface area (Å²) in [5.74, 6) is -0.736. The lowest BCUT2D eigenvalue weighted by Crippen LogP contribution is -2.52. The van der Waals surface area contributed by atoms with Crippen LogP contribution in [0, 0.1) is 0 Å². The Hall–Kier alpha value is -0.660. The number of aliphatic hydroxyl groups excluding tert-OH is 1. The van der Waals surface area contributed by atoms with E-state index in [1.807, 2.05) is 0 Å². The molecule has 18 heavy (non-hydrogen) atoms. The molecule has 0 radical (unpaired) electrons. The molecule has 0 saturated carbocycles. The van der Waals surface area contributed by atoms with E-state index < -0.39 is 27.3 Å². The van der Waals surface area contributed by atoms with Gasteiger partial charge in [0.25, 0.3) is 0 Å². The number of carbonyl (C=O) groups excluding carboxylic acids is 1. The normalized spacial score (nSPS) is 34.3. The van der Waals surface area contributed by atoms with Gasteiger partial charge in [0.15, 0.2) is 5.25 Å². The van der Waals surface area contributed by atoms with Crippen molar-refractivity contribution in [1.29, 1.82) is 0 Å². The van der Waals surface area contributed by atoms with Crippen molar-refractivity contribution < 1.29 is 23.1 Å². The van der Waals surface area contributed by atoms with E-state index in [1.54, 1.807) is 0 Å². The van der Waals surface area contributed by atoms with Gasteiger partial charge in [-0.1, -0.05) is 0 Å². The van der Waals surface area contributed by atoms with Gasteiger partial charge in [0.05, 0.1) is 13.2 Å². The van der Waals surface area contributed by atoms with Crippen LogP contribution >= 0.6 is 0 Å². The predicted octanol–water partition coefficient (Wildman–Crippen LogP) is -0.135. The second-order valence-electron chi connectivity index (χ2n) is 5.05. The van der Waals surface area contributed by atoms with Crippen LogP contribution in [0.3, 0.4) is 0 Å². The molecule has 6 nitrogen and oxygen atoms in total. The van der Waals surface area contributed by atoms with Crippen LogP contribution in [0.1, 0.15) is 32.6 Å². The molecule has 0 aromatic heterocycles. The summed E-state index contributed by atoms with van der Waals surface area (Å²) in [5.41, 5.74) is 0. The number of esters is 1. The first-order valence-electron chi connectivity index (χ1n) is 6.16. The van der Waals surface area contributed by atoms with E-state index in [9.17, 15) is 18.3 Å². The zero-order valence-corrected chi connectivity index (χ0v) is 11.4. The third-order valence-electron chi connectivity index (χ3n) is 3.91. The minimum atomic E-state index is -3.68. The van der Waals surface area contributed by atoms with Crippen molar-refractivity contribution >= 4 is 16.0 Å². The predicted molar refractivity (Wildman–Crippen MR) is 64.3 cm³/mol. The minimum Gasteiger partial charge on any atom is -0.468 e. The summed E-state index contributed by atoms with van der Waals surface area (Å²) in [7, 11) is -2.50. The summed E-state index contributed by atoms with van der Waals surface area (Å²) in [6.45, 7) is 1.35. The molecule has 3 atom stereocenters. The molecule has 3 unspecified atom stereocenters. The largest absolute Gasteiger partial charge is 0.468 e. The van der Waals surface area contributed by atoms with Crippen molar-refractivity contribution in [3.05, 3.63) is 0 Å². The van der Waals surface area contributed by atoms with Crippen molar-refractivity contribution in [2.75, 3.05) is 7.11 Å². The molecular weight excluding hydrogens is 258 g/mol. The van der Waals surface area contributed by atoms with Gasteiger partial charge < -0.3 is 9.84 Å². The minimum absolute atomic E-state index is 0.171. The highest BCUT2D eigenvalue weighted by Crippen LogP contribution is 2.38. The van der Waals surface area contributed by atoms with Crippen LogP contribution in [0.2, 0.25) is 0 Å². The topological polar surface area (TPSA) is 83.9 Å². The average molecular weight is 277 g/mol. The van der Waals surface area contributed by atoms with Crippen molar-refractivity contribution in [1.82, 2.24) is 4.31 Å². The summed E-state index contributed by atoms with van der Waals surface area (Å²) in [6.07, 6.45) is 2.01. The van der Waals surface area contributed by atoms with E-state index in [4.69, 9.17) is 0 Å². The van der Waals surface area contributed by atoms with Crippen molar-refractivity contribution in [3.8, 4) is 0 Å². The second kappa shape index (κ2) is 4.79. The Labute approximate surface area is 107 Å². The Morgan fingerprint density at radius 2 is 1.83 bits per heavy atom. The lowest BCUT2D eigenvalue weighted by Gasteiger charge is -2.37. The van der Waals surface area contributed by atoms with Crippen LogP contribution in [-0.4, -0.2) is 54.3 Å². The Bertz CT molecular complexity index is 421. The summed E-state index contributed by atoms with van der Waals surface area (Å²) in [6, 6.07) is -0.341. The Morgan fingerprint density at radius 1 is 1.33 bits per heavy atom. The number of aliphatic hydroxyl groups is 1. The maximum absolute atomic E-state index is 12.4. The van der Waals surface area contributed by atoms with Crippen LogP contribution in [-0.2, 0) is 19.6 Å². The molecule has 2 aliphatic rings. The summed E-state index contributed by atoms with van der Waals surface area (Å²) in [5, 5.41) is 8.47. The van der Waals surface area contributed by atoms with Gasteiger partial charge in [-0.25, -0.2) is 8.42 Å². The first kappa shape index (κ1) is 13.8. The third kappa shape index (κ3) is 2.15. The SMILES string of the molecule is COC(=O)C(C)S(=O)(=O)N1C2CCC1CC(O)C2. The standard InChI is InChI=1S/C11H19NO5S/c1-7(11(14)17-2)18(15,16)12-8-3-4-9(12)6-10(13)5-8/h7-10,13H,3-6H2,1-2H3. The number of hydrogen-bond donors (Lipinski definition) is 1. The first-order chi connectivity index (χ1) is 8.37. The fraction of sp³-hybridized carbons (Fsp3) is 0.909. The number of sulfonamides is 1. The van der Waals surface area contributed by atoms with Gasteiger partial charge in [-0.15, -0.1) is 0 Å². The summed E-state index contributed by atoms with van der Waals surface area (Å²) in [4.78, 5) is 11.4. The number of fused-ring (bicyclic) bond motifs is 2. The number of ether oxygens (including phenoxy) is 1. The second-order valence-corrected chi connectivity index (χ2v) is 7.21. The fourth-order valence-electron chi connectivity index (χ4n) is 2.99. The smallest absolute Gasteiger partial charge is 0.325 e. The van der Waals surface area contributed by atoms with Crippen molar-refractivity contribution in [3.63, 3.8) is 0 Å². The highest BCUT2D eigenvalue weighted by Gasteiger charge is 2.49. The molecule has 1 N–H and O–H groups in total. The van der Waals surface area contributed by atoms with Gasteiger partial charge in [0.2, 0.25) is 10.0 Å². The maximum Gasteiger partial charge on any atom is 0.325 e. The van der Waals surface area contributed by atoms with Gasteiger partial charge in [-0.3, -0.25) is 4.79 Å². The number of methoxy groups -OCH3 is 1. The maximum atomic E-state index is 12.4. The van der Waals surface area contributed by atoms with E-state index >= 15 is 0 Å². The molecule has 2 aliphatic heterocycles. The molecule has 2 saturated heterocycles. The molecule has 0 spiro atoms. The lowest BCUT2D eigenvalue weighted by atomic mass is 10.0. The molecule has 0 aliphatic carbocycles. The molecule has 0 amide bonds. The molecule has 2 heterocycles. The van der Waals surface area contributed by atoms with Gasteiger partial charge in [0.1, 0.15) is 0 Å². The third-order valence-corrected chi connectivity index (χ3v) is 6.18. The number of nitrogens with zero attached hydrogens (tertiary/aromatic N) is 1. The molecule has 2 fully saturated rings.